The fourth-order valence-corrected chi connectivity index (χ4v) is 5.80. The Morgan fingerprint density at radius 2 is 1.81 bits per heavy atom. The minimum atomic E-state index is -0.264. The van der Waals surface area contributed by atoms with Crippen molar-refractivity contribution < 1.29 is 9.18 Å². The molecule has 0 bridgehead atoms. The lowest BCUT2D eigenvalue weighted by Gasteiger charge is -2.28. The number of rotatable bonds is 3. The quantitative estimate of drug-likeness (QED) is 0.598. The molecule has 8 heteroatoms. The van der Waals surface area contributed by atoms with Crippen LogP contribution >= 0.6 is 11.3 Å². The molecule has 0 unspecified atom stereocenters. The monoisotopic (exact) mass is 441 g/mol. The predicted octanol–water partition coefficient (Wildman–Crippen LogP) is 4.55. The number of aryl methyl sites for hydroxylation is 1. The van der Waals surface area contributed by atoms with E-state index in [1.807, 2.05) is 6.92 Å². The highest BCUT2D eigenvalue weighted by Gasteiger charge is 2.28. The molecule has 0 atom stereocenters. The van der Waals surface area contributed by atoms with E-state index in [1.165, 1.54) is 31.4 Å². The Labute approximate surface area is 185 Å². The summed E-state index contributed by atoms with van der Waals surface area (Å²) in [6, 6.07) is 6.33. The van der Waals surface area contributed by atoms with E-state index in [9.17, 15) is 9.18 Å². The fraction of sp³-hybridized carbons (Fsp3) is 0.522. The van der Waals surface area contributed by atoms with Crippen molar-refractivity contribution in [1.29, 1.82) is 0 Å². The maximum absolute atomic E-state index is 13.3. The third-order valence-corrected chi connectivity index (χ3v) is 7.70. The zero-order valence-corrected chi connectivity index (χ0v) is 18.7. The summed E-state index contributed by atoms with van der Waals surface area (Å²) in [5, 5.41) is 5.58. The molecule has 164 valence electrons. The topological polar surface area (TPSA) is 54.3 Å². The van der Waals surface area contributed by atoms with Gasteiger partial charge in [-0.3, -0.25) is 4.79 Å². The second-order valence-electron chi connectivity index (χ2n) is 8.62. The lowest BCUT2D eigenvalue weighted by Crippen LogP contribution is -2.39. The SMILES string of the molecule is Cc1nn(-c2ccc(F)cc2)c2nc(N3CCCN(C(=O)C4CCCCC4)CC3)sc12. The number of nitrogens with zero attached hydrogens (tertiary/aromatic N) is 5. The Kier molecular flexibility index (Phi) is 5.65. The standard InChI is InChI=1S/C23H28FN5OS/c1-16-20-21(29(26-16)19-10-8-18(24)9-11-19)25-23(31-20)28-13-5-12-27(14-15-28)22(30)17-6-3-2-4-7-17/h8-11,17H,2-7,12-15H2,1H3. The summed E-state index contributed by atoms with van der Waals surface area (Å²) in [7, 11) is 0. The van der Waals surface area contributed by atoms with Crippen LogP contribution in [0.25, 0.3) is 16.0 Å². The van der Waals surface area contributed by atoms with Crippen molar-refractivity contribution in [2.75, 3.05) is 31.1 Å². The maximum atomic E-state index is 13.3. The number of thiazole rings is 1. The van der Waals surface area contributed by atoms with Crippen LogP contribution in [-0.4, -0.2) is 51.8 Å². The number of carbonyl (C=O) groups excluding carboxylic acids is 1. The molecule has 0 spiro atoms. The van der Waals surface area contributed by atoms with Gasteiger partial charge in [0.15, 0.2) is 10.8 Å². The van der Waals surface area contributed by atoms with Crippen molar-refractivity contribution in [1.82, 2.24) is 19.7 Å². The van der Waals surface area contributed by atoms with Crippen LogP contribution in [0.3, 0.4) is 0 Å². The molecule has 6 nitrogen and oxygen atoms in total. The molecule has 0 radical (unpaired) electrons. The van der Waals surface area contributed by atoms with Crippen LogP contribution in [0.2, 0.25) is 0 Å². The molecular weight excluding hydrogens is 413 g/mol. The number of anilines is 1. The minimum Gasteiger partial charge on any atom is -0.346 e. The van der Waals surface area contributed by atoms with Gasteiger partial charge in [0.1, 0.15) is 5.82 Å². The van der Waals surface area contributed by atoms with Crippen molar-refractivity contribution in [3.63, 3.8) is 0 Å². The smallest absolute Gasteiger partial charge is 0.225 e. The van der Waals surface area contributed by atoms with Gasteiger partial charge in [-0.25, -0.2) is 9.07 Å². The highest BCUT2D eigenvalue weighted by atomic mass is 32.1. The Morgan fingerprint density at radius 1 is 1.03 bits per heavy atom. The van der Waals surface area contributed by atoms with Crippen molar-refractivity contribution in [3.8, 4) is 5.69 Å². The van der Waals surface area contributed by atoms with Gasteiger partial charge in [-0.15, -0.1) is 0 Å². The molecule has 1 saturated carbocycles. The number of hydrogen-bond acceptors (Lipinski definition) is 5. The van der Waals surface area contributed by atoms with Crippen LogP contribution in [0.15, 0.2) is 24.3 Å². The molecule has 1 saturated heterocycles. The lowest BCUT2D eigenvalue weighted by atomic mass is 9.88. The molecule has 1 aliphatic carbocycles. The van der Waals surface area contributed by atoms with Crippen LogP contribution in [0.1, 0.15) is 44.2 Å². The first kappa shape index (κ1) is 20.4. The van der Waals surface area contributed by atoms with Crippen LogP contribution in [-0.2, 0) is 4.79 Å². The first-order valence-corrected chi connectivity index (χ1v) is 12.1. The largest absolute Gasteiger partial charge is 0.346 e. The third kappa shape index (κ3) is 4.05. The summed E-state index contributed by atoms with van der Waals surface area (Å²) >= 11 is 1.65. The molecule has 2 aromatic heterocycles. The first-order valence-electron chi connectivity index (χ1n) is 11.3. The summed E-state index contributed by atoms with van der Waals surface area (Å²) in [5.74, 6) is 0.320. The number of hydrogen-bond donors (Lipinski definition) is 0. The van der Waals surface area contributed by atoms with E-state index < -0.39 is 0 Å². The third-order valence-electron chi connectivity index (χ3n) is 6.48. The predicted molar refractivity (Wildman–Crippen MR) is 121 cm³/mol. The summed E-state index contributed by atoms with van der Waals surface area (Å²) < 4.78 is 16.2. The molecular formula is C23H28FN5OS. The molecule has 1 amide bonds. The summed E-state index contributed by atoms with van der Waals surface area (Å²) in [5.41, 5.74) is 2.53. The number of amides is 1. The molecule has 3 heterocycles. The second-order valence-corrected chi connectivity index (χ2v) is 9.60. The molecule has 5 rings (SSSR count). The van der Waals surface area contributed by atoms with Gasteiger partial charge in [-0.2, -0.15) is 10.1 Å². The van der Waals surface area contributed by atoms with Gasteiger partial charge in [0, 0.05) is 32.1 Å². The molecule has 2 fully saturated rings. The van der Waals surface area contributed by atoms with Crippen molar-refractivity contribution >= 4 is 32.7 Å². The van der Waals surface area contributed by atoms with E-state index in [-0.39, 0.29) is 11.7 Å². The summed E-state index contributed by atoms with van der Waals surface area (Å²) in [4.78, 5) is 22.3. The van der Waals surface area contributed by atoms with Gasteiger partial charge in [0.25, 0.3) is 0 Å². The average Bonchev–Trinajstić information content (AvgIpc) is 3.25. The Balaban J connectivity index is 1.34. The number of benzene rings is 1. The van der Waals surface area contributed by atoms with Gasteiger partial charge in [0.2, 0.25) is 5.91 Å². The van der Waals surface area contributed by atoms with Gasteiger partial charge >= 0.3 is 0 Å². The van der Waals surface area contributed by atoms with E-state index in [0.29, 0.717) is 5.91 Å². The van der Waals surface area contributed by atoms with E-state index >= 15 is 0 Å². The van der Waals surface area contributed by atoms with Crippen molar-refractivity contribution in [2.24, 2.45) is 5.92 Å². The van der Waals surface area contributed by atoms with Crippen molar-refractivity contribution in [2.45, 2.75) is 45.4 Å². The molecule has 1 aliphatic heterocycles. The number of fused-ring (bicyclic) bond motifs is 1. The van der Waals surface area contributed by atoms with Crippen molar-refractivity contribution in [3.05, 3.63) is 35.8 Å². The first-order chi connectivity index (χ1) is 15.1. The zero-order chi connectivity index (χ0) is 21.4. The molecule has 2 aliphatic rings. The van der Waals surface area contributed by atoms with E-state index in [4.69, 9.17) is 4.98 Å². The zero-order valence-electron chi connectivity index (χ0n) is 17.9. The van der Waals surface area contributed by atoms with Crippen LogP contribution in [0, 0.1) is 18.7 Å². The maximum Gasteiger partial charge on any atom is 0.225 e. The average molecular weight is 442 g/mol. The number of carbonyl (C=O) groups is 1. The van der Waals surface area contributed by atoms with Gasteiger partial charge in [-0.05, 0) is 50.5 Å². The summed E-state index contributed by atoms with van der Waals surface area (Å²) in [6.07, 6.45) is 6.70. The molecule has 3 aromatic rings. The van der Waals surface area contributed by atoms with Gasteiger partial charge in [0.05, 0.1) is 16.1 Å². The Hall–Kier alpha value is -2.48. The molecule has 1 aromatic carbocycles. The molecule has 31 heavy (non-hydrogen) atoms. The minimum absolute atomic E-state index is 0.229. The normalized spacial score (nSPS) is 18.5. The highest BCUT2D eigenvalue weighted by Crippen LogP contribution is 2.33. The van der Waals surface area contributed by atoms with Crippen LogP contribution < -0.4 is 4.90 Å². The lowest BCUT2D eigenvalue weighted by molar-refractivity contribution is -0.136. The van der Waals surface area contributed by atoms with Gasteiger partial charge in [-0.1, -0.05) is 30.6 Å². The van der Waals surface area contributed by atoms with Crippen LogP contribution in [0.4, 0.5) is 9.52 Å². The Morgan fingerprint density at radius 3 is 2.58 bits per heavy atom. The van der Waals surface area contributed by atoms with Crippen LogP contribution in [0.5, 0.6) is 0 Å². The summed E-state index contributed by atoms with van der Waals surface area (Å²) in [6.45, 7) is 5.27. The fourth-order valence-electron chi connectivity index (χ4n) is 4.76. The second kappa shape index (κ2) is 8.57. The Bertz CT molecular complexity index is 1070. The highest BCUT2D eigenvalue weighted by molar-refractivity contribution is 7.22. The molecule has 0 N–H and O–H groups in total. The van der Waals surface area contributed by atoms with Gasteiger partial charge < -0.3 is 9.80 Å². The van der Waals surface area contributed by atoms with E-state index in [1.54, 1.807) is 28.2 Å². The number of aromatic nitrogens is 3. The van der Waals surface area contributed by atoms with E-state index in [0.717, 1.165) is 72.3 Å². The van der Waals surface area contributed by atoms with E-state index in [2.05, 4.69) is 14.9 Å². The number of halogens is 1.